The first-order valence-electron chi connectivity index (χ1n) is 6.05. The number of aromatic amines is 1. The van der Waals surface area contributed by atoms with Crippen molar-refractivity contribution in [2.75, 3.05) is 13.1 Å². The summed E-state index contributed by atoms with van der Waals surface area (Å²) in [6.07, 6.45) is 2.91. The van der Waals surface area contributed by atoms with Crippen molar-refractivity contribution in [2.45, 2.75) is 4.90 Å². The normalized spacial score (nSPS) is 12.0. The van der Waals surface area contributed by atoms with Crippen LogP contribution in [0.2, 0.25) is 5.02 Å². The molecule has 6 nitrogen and oxygen atoms in total. The topological polar surface area (TPSA) is 83.4 Å². The highest BCUT2D eigenvalue weighted by Crippen LogP contribution is 2.37. The van der Waals surface area contributed by atoms with Crippen molar-refractivity contribution < 1.29 is 12.8 Å². The molecule has 1 N–H and O–H groups in total. The van der Waals surface area contributed by atoms with E-state index < -0.39 is 15.8 Å². The number of fused-ring (bicyclic) bond motifs is 1. The highest BCUT2D eigenvalue weighted by atomic mass is 79.9. The zero-order valence-electron chi connectivity index (χ0n) is 11.3. The highest BCUT2D eigenvalue weighted by molar-refractivity contribution is 9.10. The first-order chi connectivity index (χ1) is 10.3. The number of halogens is 2. The lowest BCUT2D eigenvalue weighted by molar-refractivity contribution is 0.473. The summed E-state index contributed by atoms with van der Waals surface area (Å²) in [4.78, 5) is 13.5. The molecule has 0 saturated heterocycles. The molecule has 0 aliphatic rings. The minimum absolute atomic E-state index is 0.00871. The van der Waals surface area contributed by atoms with Crippen LogP contribution in [0.5, 0.6) is 0 Å². The number of aromatic nitrogens is 1. The third kappa shape index (κ3) is 2.91. The van der Waals surface area contributed by atoms with E-state index in [0.717, 1.165) is 4.31 Å². The molecular formula is C13H12BrClN2O4S. The Hall–Kier alpha value is -1.35. The molecule has 0 amide bonds. The third-order valence-electron chi connectivity index (χ3n) is 2.83. The van der Waals surface area contributed by atoms with E-state index in [1.165, 1.54) is 18.2 Å². The maximum atomic E-state index is 12.8. The summed E-state index contributed by atoms with van der Waals surface area (Å²) in [5.74, 6) is -0.715. The summed E-state index contributed by atoms with van der Waals surface area (Å²) in [5, 5.41) is -0.166. The van der Waals surface area contributed by atoms with Gasteiger partial charge in [0.25, 0.3) is 0 Å². The smallest absolute Gasteiger partial charge is 0.406 e. The van der Waals surface area contributed by atoms with Crippen molar-refractivity contribution in [2.24, 2.45) is 0 Å². The Balaban J connectivity index is 2.73. The van der Waals surface area contributed by atoms with Crippen molar-refractivity contribution >= 4 is 48.7 Å². The van der Waals surface area contributed by atoms with E-state index in [9.17, 15) is 13.2 Å². The van der Waals surface area contributed by atoms with Crippen LogP contribution in [0.15, 0.2) is 50.0 Å². The Labute approximate surface area is 140 Å². The van der Waals surface area contributed by atoms with Crippen LogP contribution in [0.25, 0.3) is 11.1 Å². The predicted molar refractivity (Wildman–Crippen MR) is 88.7 cm³/mol. The molecule has 1 heterocycles. The predicted octanol–water partition coefficient (Wildman–Crippen LogP) is 2.90. The average molecular weight is 408 g/mol. The highest BCUT2D eigenvalue weighted by Gasteiger charge is 2.30. The quantitative estimate of drug-likeness (QED) is 0.746. The number of sulfonamides is 1. The van der Waals surface area contributed by atoms with Crippen molar-refractivity contribution in [1.29, 1.82) is 0 Å². The SMILES string of the molecule is C=CCN(CC=C)S(=O)(=O)c1c(Br)cc2[nH]c(=O)oc2c1Cl. The molecule has 0 spiro atoms. The van der Waals surface area contributed by atoms with Gasteiger partial charge in [-0.3, -0.25) is 4.98 Å². The lowest BCUT2D eigenvalue weighted by Crippen LogP contribution is -2.31. The fourth-order valence-corrected chi connectivity index (χ4v) is 5.10. The molecule has 0 saturated carbocycles. The van der Waals surface area contributed by atoms with Crippen LogP contribution < -0.4 is 5.76 Å². The standard InChI is InChI=1S/C13H12BrClN2O4S/c1-3-5-17(6-4-2)22(19,20)12-8(14)7-9-11(10(12)15)21-13(18)16-9/h3-4,7H,1-2,5-6H2,(H,16,18). The molecule has 0 fully saturated rings. The van der Waals surface area contributed by atoms with Crippen molar-refractivity contribution in [3.63, 3.8) is 0 Å². The summed E-state index contributed by atoms with van der Waals surface area (Å²) in [6.45, 7) is 7.26. The number of hydrogen-bond donors (Lipinski definition) is 1. The second-order valence-electron chi connectivity index (χ2n) is 4.29. The summed E-state index contributed by atoms with van der Waals surface area (Å²) < 4.78 is 31.9. The number of H-pyrrole nitrogens is 1. The van der Waals surface area contributed by atoms with Crippen LogP contribution >= 0.6 is 27.5 Å². The minimum Gasteiger partial charge on any atom is -0.406 e. The number of nitrogens with one attached hydrogen (secondary N) is 1. The molecule has 0 bridgehead atoms. The van der Waals surface area contributed by atoms with Gasteiger partial charge in [-0.1, -0.05) is 23.8 Å². The first kappa shape index (κ1) is 17.0. The van der Waals surface area contributed by atoms with Crippen LogP contribution in [-0.4, -0.2) is 30.8 Å². The number of hydrogen-bond acceptors (Lipinski definition) is 4. The number of oxazole rings is 1. The van der Waals surface area contributed by atoms with Crippen LogP contribution in [-0.2, 0) is 10.0 Å². The maximum absolute atomic E-state index is 12.8. The molecular weight excluding hydrogens is 396 g/mol. The molecule has 9 heteroatoms. The van der Waals surface area contributed by atoms with Gasteiger partial charge in [0.15, 0.2) is 5.58 Å². The molecule has 1 aromatic carbocycles. The van der Waals surface area contributed by atoms with Crippen molar-refractivity contribution in [1.82, 2.24) is 9.29 Å². The minimum atomic E-state index is -3.93. The molecule has 2 rings (SSSR count). The lowest BCUT2D eigenvalue weighted by Gasteiger charge is -2.20. The van der Waals surface area contributed by atoms with E-state index in [1.54, 1.807) is 0 Å². The van der Waals surface area contributed by atoms with Gasteiger partial charge in [-0.2, -0.15) is 4.31 Å². The zero-order valence-corrected chi connectivity index (χ0v) is 14.5. The second-order valence-corrected chi connectivity index (χ2v) is 7.40. The summed E-state index contributed by atoms with van der Waals surface area (Å²) >= 11 is 9.33. The van der Waals surface area contributed by atoms with E-state index in [1.807, 2.05) is 0 Å². The molecule has 0 radical (unpaired) electrons. The van der Waals surface area contributed by atoms with Gasteiger partial charge in [0, 0.05) is 17.6 Å². The average Bonchev–Trinajstić information content (AvgIpc) is 2.79. The Morgan fingerprint density at radius 1 is 1.36 bits per heavy atom. The summed E-state index contributed by atoms with van der Waals surface area (Å²) in [5.41, 5.74) is 0.297. The molecule has 1 aromatic heterocycles. The van der Waals surface area contributed by atoms with Gasteiger partial charge in [0.2, 0.25) is 10.0 Å². The number of benzene rings is 1. The Bertz CT molecular complexity index is 891. The van der Waals surface area contributed by atoms with Crippen LogP contribution in [0.1, 0.15) is 0 Å². The van der Waals surface area contributed by atoms with Crippen LogP contribution in [0.4, 0.5) is 0 Å². The second kappa shape index (κ2) is 6.41. The van der Waals surface area contributed by atoms with E-state index in [-0.39, 0.29) is 33.1 Å². The van der Waals surface area contributed by atoms with E-state index >= 15 is 0 Å². The van der Waals surface area contributed by atoms with Crippen LogP contribution in [0.3, 0.4) is 0 Å². The van der Waals surface area contributed by atoms with Crippen molar-refractivity contribution in [3.8, 4) is 0 Å². The van der Waals surface area contributed by atoms with Crippen LogP contribution in [0, 0.1) is 0 Å². The molecule has 0 aliphatic heterocycles. The molecule has 22 heavy (non-hydrogen) atoms. The molecule has 2 aromatic rings. The fraction of sp³-hybridized carbons (Fsp3) is 0.154. The number of nitrogens with zero attached hydrogens (tertiary/aromatic N) is 1. The van der Waals surface area contributed by atoms with Gasteiger partial charge in [-0.15, -0.1) is 13.2 Å². The Kier molecular flexibility index (Phi) is 4.96. The molecule has 118 valence electrons. The summed E-state index contributed by atoms with van der Waals surface area (Å²) in [6, 6.07) is 1.43. The van der Waals surface area contributed by atoms with Gasteiger partial charge in [0.1, 0.15) is 9.92 Å². The molecule has 0 unspecified atom stereocenters. The largest absolute Gasteiger partial charge is 0.417 e. The first-order valence-corrected chi connectivity index (χ1v) is 8.66. The van der Waals surface area contributed by atoms with E-state index in [4.69, 9.17) is 16.0 Å². The van der Waals surface area contributed by atoms with E-state index in [2.05, 4.69) is 34.1 Å². The van der Waals surface area contributed by atoms with Gasteiger partial charge < -0.3 is 4.42 Å². The maximum Gasteiger partial charge on any atom is 0.417 e. The van der Waals surface area contributed by atoms with Gasteiger partial charge >= 0.3 is 5.76 Å². The molecule has 0 atom stereocenters. The fourth-order valence-electron chi connectivity index (χ4n) is 1.93. The third-order valence-corrected chi connectivity index (χ3v) is 6.10. The number of rotatable bonds is 6. The zero-order chi connectivity index (χ0) is 16.5. The molecule has 0 aliphatic carbocycles. The Morgan fingerprint density at radius 2 is 1.95 bits per heavy atom. The Morgan fingerprint density at radius 3 is 2.50 bits per heavy atom. The van der Waals surface area contributed by atoms with E-state index in [0.29, 0.717) is 5.52 Å². The van der Waals surface area contributed by atoms with Gasteiger partial charge in [-0.05, 0) is 22.0 Å². The van der Waals surface area contributed by atoms with Gasteiger partial charge in [-0.25, -0.2) is 13.2 Å². The van der Waals surface area contributed by atoms with Gasteiger partial charge in [0.05, 0.1) is 5.52 Å². The lowest BCUT2D eigenvalue weighted by atomic mass is 10.3. The van der Waals surface area contributed by atoms with Crippen molar-refractivity contribution in [3.05, 3.63) is 51.4 Å². The summed E-state index contributed by atoms with van der Waals surface area (Å²) in [7, 11) is -3.93. The monoisotopic (exact) mass is 406 g/mol.